The number of nitrogens with one attached hydrogen (secondary N) is 1. The first-order valence-corrected chi connectivity index (χ1v) is 8.88. The predicted octanol–water partition coefficient (Wildman–Crippen LogP) is 4.60. The Morgan fingerprint density at radius 3 is 2.29 bits per heavy atom. The quantitative estimate of drug-likeness (QED) is 0.754. The minimum Gasteiger partial charge on any atom is -0.280 e. The Balaban J connectivity index is 1.93. The molecule has 0 unspecified atom stereocenters. The van der Waals surface area contributed by atoms with Gasteiger partial charge in [-0.2, -0.15) is 0 Å². The summed E-state index contributed by atoms with van der Waals surface area (Å²) >= 11 is 0. The second-order valence-corrected chi connectivity index (χ2v) is 7.17. The number of sulfonamides is 1. The minimum absolute atomic E-state index is 0.110. The average molecular weight is 341 g/mol. The molecule has 0 bridgehead atoms. The molecule has 0 fully saturated rings. The predicted molar refractivity (Wildman–Crippen MR) is 93.8 cm³/mol. The molecular formula is C19H16FNO2S. The van der Waals surface area contributed by atoms with E-state index in [1.807, 2.05) is 19.1 Å². The molecule has 3 rings (SSSR count). The van der Waals surface area contributed by atoms with Gasteiger partial charge in [0, 0.05) is 11.3 Å². The van der Waals surface area contributed by atoms with E-state index in [1.165, 1.54) is 12.1 Å². The third-order valence-corrected chi connectivity index (χ3v) is 4.98. The monoisotopic (exact) mass is 341 g/mol. The fourth-order valence-corrected chi connectivity index (χ4v) is 3.50. The summed E-state index contributed by atoms with van der Waals surface area (Å²) in [6.45, 7) is 1.87. The molecule has 122 valence electrons. The van der Waals surface area contributed by atoms with Crippen molar-refractivity contribution < 1.29 is 12.8 Å². The number of aryl methyl sites for hydroxylation is 1. The Morgan fingerprint density at radius 1 is 0.875 bits per heavy atom. The molecule has 3 aromatic carbocycles. The van der Waals surface area contributed by atoms with Crippen LogP contribution in [0.5, 0.6) is 0 Å². The summed E-state index contributed by atoms with van der Waals surface area (Å²) in [5.41, 5.74) is 2.44. The van der Waals surface area contributed by atoms with Crippen molar-refractivity contribution in [3.8, 4) is 11.1 Å². The van der Waals surface area contributed by atoms with E-state index in [0.29, 0.717) is 16.8 Å². The highest BCUT2D eigenvalue weighted by Gasteiger charge is 2.17. The topological polar surface area (TPSA) is 46.2 Å². The van der Waals surface area contributed by atoms with E-state index in [2.05, 4.69) is 4.72 Å². The fraction of sp³-hybridized carbons (Fsp3) is 0.0526. The van der Waals surface area contributed by atoms with Crippen molar-refractivity contribution in [3.63, 3.8) is 0 Å². The largest absolute Gasteiger partial charge is 0.280 e. The first-order valence-electron chi connectivity index (χ1n) is 7.40. The maximum atomic E-state index is 14.4. The molecular weight excluding hydrogens is 325 g/mol. The maximum absolute atomic E-state index is 14.4. The Kier molecular flexibility index (Phi) is 4.36. The van der Waals surface area contributed by atoms with Gasteiger partial charge in [-0.05, 0) is 42.3 Å². The molecule has 0 aliphatic carbocycles. The zero-order valence-corrected chi connectivity index (χ0v) is 13.8. The summed E-state index contributed by atoms with van der Waals surface area (Å²) in [5.74, 6) is -0.576. The number of anilines is 1. The highest BCUT2D eigenvalue weighted by atomic mass is 32.2. The van der Waals surface area contributed by atoms with Gasteiger partial charge in [-0.1, -0.05) is 48.5 Å². The SMILES string of the molecule is Cc1cccc(NS(=O)(=O)c2ccc(-c3ccccc3)c(F)c2)c1. The normalized spacial score (nSPS) is 11.2. The van der Waals surface area contributed by atoms with Crippen LogP contribution in [0.15, 0.2) is 77.7 Å². The van der Waals surface area contributed by atoms with Gasteiger partial charge in [0.25, 0.3) is 10.0 Å². The first-order chi connectivity index (χ1) is 11.5. The number of rotatable bonds is 4. The van der Waals surface area contributed by atoms with Crippen molar-refractivity contribution in [2.75, 3.05) is 4.72 Å². The molecule has 3 nitrogen and oxygen atoms in total. The van der Waals surface area contributed by atoms with Crippen LogP contribution >= 0.6 is 0 Å². The molecule has 3 aromatic rings. The Labute approximate surface area is 140 Å². The van der Waals surface area contributed by atoms with Crippen LogP contribution in [-0.2, 0) is 10.0 Å². The van der Waals surface area contributed by atoms with Gasteiger partial charge >= 0.3 is 0 Å². The minimum atomic E-state index is -3.84. The van der Waals surface area contributed by atoms with Crippen LogP contribution in [0.25, 0.3) is 11.1 Å². The van der Waals surface area contributed by atoms with Crippen molar-refractivity contribution in [2.45, 2.75) is 11.8 Å². The van der Waals surface area contributed by atoms with E-state index in [0.717, 1.165) is 11.6 Å². The molecule has 0 saturated heterocycles. The van der Waals surface area contributed by atoms with E-state index >= 15 is 0 Å². The second-order valence-electron chi connectivity index (χ2n) is 5.48. The van der Waals surface area contributed by atoms with Crippen LogP contribution in [-0.4, -0.2) is 8.42 Å². The molecule has 0 spiro atoms. The van der Waals surface area contributed by atoms with E-state index in [-0.39, 0.29) is 4.90 Å². The van der Waals surface area contributed by atoms with Crippen molar-refractivity contribution in [1.82, 2.24) is 0 Å². The van der Waals surface area contributed by atoms with Gasteiger partial charge in [0.15, 0.2) is 0 Å². The third kappa shape index (κ3) is 3.46. The number of benzene rings is 3. The zero-order chi connectivity index (χ0) is 17.2. The smallest absolute Gasteiger partial charge is 0.261 e. The lowest BCUT2D eigenvalue weighted by Gasteiger charge is -2.10. The van der Waals surface area contributed by atoms with Gasteiger partial charge in [-0.15, -0.1) is 0 Å². The lowest BCUT2D eigenvalue weighted by Crippen LogP contribution is -2.13. The summed E-state index contributed by atoms with van der Waals surface area (Å²) in [5, 5.41) is 0. The highest BCUT2D eigenvalue weighted by molar-refractivity contribution is 7.92. The van der Waals surface area contributed by atoms with Crippen molar-refractivity contribution in [3.05, 3.63) is 84.2 Å². The molecule has 0 radical (unpaired) electrons. The molecule has 0 saturated carbocycles. The van der Waals surface area contributed by atoms with Crippen molar-refractivity contribution in [2.24, 2.45) is 0 Å². The third-order valence-electron chi connectivity index (χ3n) is 3.61. The van der Waals surface area contributed by atoms with E-state index < -0.39 is 15.8 Å². The van der Waals surface area contributed by atoms with Gasteiger partial charge in [0.1, 0.15) is 5.82 Å². The molecule has 0 aliphatic rings. The number of hydrogen-bond donors (Lipinski definition) is 1. The summed E-state index contributed by atoms with van der Waals surface area (Å²) in [4.78, 5) is -0.110. The Bertz CT molecular complexity index is 970. The van der Waals surface area contributed by atoms with Crippen LogP contribution in [0, 0.1) is 12.7 Å². The van der Waals surface area contributed by atoms with Crippen LogP contribution in [0.3, 0.4) is 0 Å². The van der Waals surface area contributed by atoms with Crippen LogP contribution < -0.4 is 4.72 Å². The lowest BCUT2D eigenvalue weighted by atomic mass is 10.1. The van der Waals surface area contributed by atoms with Crippen LogP contribution in [0.2, 0.25) is 0 Å². The Hall–Kier alpha value is -2.66. The van der Waals surface area contributed by atoms with Crippen molar-refractivity contribution in [1.29, 1.82) is 0 Å². The van der Waals surface area contributed by atoms with E-state index in [1.54, 1.807) is 42.5 Å². The summed E-state index contributed by atoms with van der Waals surface area (Å²) in [6, 6.07) is 19.9. The Morgan fingerprint density at radius 2 is 1.62 bits per heavy atom. The molecule has 0 aliphatic heterocycles. The lowest BCUT2D eigenvalue weighted by molar-refractivity contribution is 0.596. The molecule has 24 heavy (non-hydrogen) atoms. The molecule has 5 heteroatoms. The van der Waals surface area contributed by atoms with E-state index in [9.17, 15) is 12.8 Å². The average Bonchev–Trinajstić information content (AvgIpc) is 2.55. The molecule has 1 N–H and O–H groups in total. The van der Waals surface area contributed by atoms with Gasteiger partial charge in [0.2, 0.25) is 0 Å². The summed E-state index contributed by atoms with van der Waals surface area (Å²) < 4.78 is 41.7. The molecule has 0 atom stereocenters. The fourth-order valence-electron chi connectivity index (χ4n) is 2.44. The number of halogens is 1. The second kappa shape index (κ2) is 6.45. The highest BCUT2D eigenvalue weighted by Crippen LogP contribution is 2.26. The van der Waals surface area contributed by atoms with Crippen LogP contribution in [0.4, 0.5) is 10.1 Å². The first kappa shape index (κ1) is 16.2. The van der Waals surface area contributed by atoms with E-state index in [4.69, 9.17) is 0 Å². The summed E-state index contributed by atoms with van der Waals surface area (Å²) in [6.07, 6.45) is 0. The zero-order valence-electron chi connectivity index (χ0n) is 13.0. The van der Waals surface area contributed by atoms with Gasteiger partial charge in [0.05, 0.1) is 4.90 Å². The van der Waals surface area contributed by atoms with Gasteiger partial charge in [-0.3, -0.25) is 4.72 Å². The maximum Gasteiger partial charge on any atom is 0.261 e. The number of hydrogen-bond acceptors (Lipinski definition) is 2. The molecule has 0 aromatic heterocycles. The van der Waals surface area contributed by atoms with Gasteiger partial charge < -0.3 is 0 Å². The molecule has 0 amide bonds. The summed E-state index contributed by atoms with van der Waals surface area (Å²) in [7, 11) is -3.84. The van der Waals surface area contributed by atoms with Crippen LogP contribution in [0.1, 0.15) is 5.56 Å². The van der Waals surface area contributed by atoms with Crippen molar-refractivity contribution >= 4 is 15.7 Å². The standard InChI is InChI=1S/C19H16FNO2S/c1-14-6-5-9-16(12-14)21-24(22,23)17-10-11-18(19(20)13-17)15-7-3-2-4-8-15/h2-13,21H,1H3. The molecule has 0 heterocycles. The van der Waals surface area contributed by atoms with Gasteiger partial charge in [-0.25, -0.2) is 12.8 Å².